The molecule has 3 aromatic heterocycles. The van der Waals surface area contributed by atoms with E-state index in [-0.39, 0.29) is 22.7 Å². The number of aliphatic hydroxyl groups excluding tert-OH is 1. The Bertz CT molecular complexity index is 1150. The van der Waals surface area contributed by atoms with Crippen LogP contribution in [0, 0.1) is 5.41 Å². The van der Waals surface area contributed by atoms with E-state index in [1.54, 1.807) is 28.9 Å². The number of hydrogen-bond donors (Lipinski definition) is 3. The third-order valence-electron chi connectivity index (χ3n) is 5.32. The van der Waals surface area contributed by atoms with E-state index in [0.29, 0.717) is 37.0 Å². The second-order valence-electron chi connectivity index (χ2n) is 7.57. The summed E-state index contributed by atoms with van der Waals surface area (Å²) in [5.41, 5.74) is 1.06. The molecule has 0 aromatic carbocycles. The van der Waals surface area contributed by atoms with Gasteiger partial charge in [-0.05, 0) is 31.0 Å². The van der Waals surface area contributed by atoms with Crippen molar-refractivity contribution in [1.29, 1.82) is 5.41 Å². The maximum Gasteiger partial charge on any atom is 0.405 e. The van der Waals surface area contributed by atoms with E-state index in [1.165, 1.54) is 23.4 Å². The molecule has 4 heterocycles. The molecule has 0 aliphatic carbocycles. The first-order chi connectivity index (χ1) is 15.2. The lowest BCUT2D eigenvalue weighted by molar-refractivity contribution is -0.115. The Morgan fingerprint density at radius 1 is 1.22 bits per heavy atom. The first-order valence-electron chi connectivity index (χ1n) is 10.0. The third kappa shape index (κ3) is 4.57. The molecule has 32 heavy (non-hydrogen) atoms. The molecule has 0 atom stereocenters. The second-order valence-corrected chi connectivity index (χ2v) is 7.57. The lowest BCUT2D eigenvalue weighted by Gasteiger charge is -2.29. The quantitative estimate of drug-likeness (QED) is 0.523. The average Bonchev–Trinajstić information content (AvgIpc) is 3.21. The van der Waals surface area contributed by atoms with E-state index in [1.807, 2.05) is 0 Å². The van der Waals surface area contributed by atoms with Crippen LogP contribution in [0.25, 0.3) is 5.52 Å². The van der Waals surface area contributed by atoms with Crippen molar-refractivity contribution >= 4 is 22.8 Å². The zero-order valence-corrected chi connectivity index (χ0v) is 16.9. The van der Waals surface area contributed by atoms with Crippen molar-refractivity contribution in [2.75, 3.05) is 25.0 Å². The molecule has 1 amide bonds. The Hall–Kier alpha value is -3.47. The Morgan fingerprint density at radius 3 is 2.69 bits per heavy atom. The van der Waals surface area contributed by atoms with Crippen molar-refractivity contribution in [3.63, 3.8) is 0 Å². The van der Waals surface area contributed by atoms with Crippen LogP contribution in [0.2, 0.25) is 0 Å². The van der Waals surface area contributed by atoms with Crippen LogP contribution in [-0.4, -0.2) is 68.1 Å². The standard InChI is InChI=1S/C21H21F3N6O2/c22-21(23,24)12-27-16-9-17(20(32)29-7-4-13(31)5-8-29)26-10-14(16)19(25)15-11-28-30-6-2-1-3-18(15)30/h1-3,6,9-11,13,25,31H,4-5,7-8,12H2,(H,26,27). The van der Waals surface area contributed by atoms with Crippen molar-refractivity contribution in [3.05, 3.63) is 59.7 Å². The Morgan fingerprint density at radius 2 is 1.97 bits per heavy atom. The van der Waals surface area contributed by atoms with Gasteiger partial charge < -0.3 is 15.3 Å². The average molecular weight is 446 g/mol. The number of alkyl halides is 3. The highest BCUT2D eigenvalue weighted by molar-refractivity contribution is 6.17. The van der Waals surface area contributed by atoms with Crippen LogP contribution in [-0.2, 0) is 0 Å². The molecule has 0 unspecified atom stereocenters. The van der Waals surface area contributed by atoms with E-state index < -0.39 is 24.7 Å². The normalized spacial score (nSPS) is 15.2. The fourth-order valence-corrected chi connectivity index (χ4v) is 3.62. The number of halogens is 3. The second kappa shape index (κ2) is 8.58. The number of piperidine rings is 1. The summed E-state index contributed by atoms with van der Waals surface area (Å²) < 4.78 is 40.3. The van der Waals surface area contributed by atoms with Gasteiger partial charge in [0, 0.05) is 42.3 Å². The largest absolute Gasteiger partial charge is 0.405 e. The summed E-state index contributed by atoms with van der Waals surface area (Å²) >= 11 is 0. The fourth-order valence-electron chi connectivity index (χ4n) is 3.62. The summed E-state index contributed by atoms with van der Waals surface area (Å²) in [5.74, 6) is -0.430. The van der Waals surface area contributed by atoms with Crippen LogP contribution in [0.5, 0.6) is 0 Å². The third-order valence-corrected chi connectivity index (χ3v) is 5.32. The molecule has 168 valence electrons. The predicted molar refractivity (Wildman–Crippen MR) is 111 cm³/mol. The van der Waals surface area contributed by atoms with Crippen molar-refractivity contribution in [2.45, 2.75) is 25.1 Å². The number of anilines is 1. The number of nitrogens with one attached hydrogen (secondary N) is 2. The fraction of sp³-hybridized carbons (Fsp3) is 0.333. The number of aliphatic hydroxyl groups is 1. The van der Waals surface area contributed by atoms with Gasteiger partial charge in [0.2, 0.25) is 0 Å². The maximum atomic E-state index is 12.9. The van der Waals surface area contributed by atoms with Gasteiger partial charge in [-0.2, -0.15) is 18.3 Å². The summed E-state index contributed by atoms with van der Waals surface area (Å²) in [4.78, 5) is 18.5. The number of nitrogens with zero attached hydrogens (tertiary/aromatic N) is 4. The summed E-state index contributed by atoms with van der Waals surface area (Å²) in [6.07, 6.45) is 0.308. The summed E-state index contributed by atoms with van der Waals surface area (Å²) in [6.45, 7) is -0.643. The molecule has 3 N–H and O–H groups in total. The van der Waals surface area contributed by atoms with Gasteiger partial charge in [0.1, 0.15) is 12.2 Å². The van der Waals surface area contributed by atoms with Crippen molar-refractivity contribution in [1.82, 2.24) is 19.5 Å². The van der Waals surface area contributed by atoms with Crippen molar-refractivity contribution < 1.29 is 23.1 Å². The summed E-state index contributed by atoms with van der Waals surface area (Å²) in [7, 11) is 0. The molecule has 0 saturated carbocycles. The number of carbonyl (C=O) groups is 1. The number of pyridine rings is 2. The van der Waals surface area contributed by atoms with Gasteiger partial charge in [0.15, 0.2) is 0 Å². The molecule has 1 saturated heterocycles. The zero-order valence-electron chi connectivity index (χ0n) is 16.9. The van der Waals surface area contributed by atoms with Gasteiger partial charge in [-0.25, -0.2) is 4.52 Å². The number of carbonyl (C=O) groups excluding carboxylic acids is 1. The molecule has 4 rings (SSSR count). The highest BCUT2D eigenvalue weighted by atomic mass is 19.4. The SMILES string of the molecule is N=C(c1cnc(C(=O)N2CCC(O)CC2)cc1NCC(F)(F)F)c1cnn2ccccc12. The lowest BCUT2D eigenvalue weighted by atomic mass is 10.0. The van der Waals surface area contributed by atoms with Gasteiger partial charge in [-0.15, -0.1) is 0 Å². The monoisotopic (exact) mass is 446 g/mol. The minimum atomic E-state index is -4.49. The van der Waals surface area contributed by atoms with E-state index >= 15 is 0 Å². The maximum absolute atomic E-state index is 12.9. The first-order valence-corrected chi connectivity index (χ1v) is 10.0. The molecule has 3 aromatic rings. The van der Waals surface area contributed by atoms with Crippen molar-refractivity contribution in [3.8, 4) is 0 Å². The number of fused-ring (bicyclic) bond motifs is 1. The minimum Gasteiger partial charge on any atom is -0.393 e. The van der Waals surface area contributed by atoms with E-state index in [2.05, 4.69) is 15.4 Å². The molecule has 1 fully saturated rings. The van der Waals surface area contributed by atoms with Crippen LogP contribution >= 0.6 is 0 Å². The van der Waals surface area contributed by atoms with Crippen LogP contribution in [0.4, 0.5) is 18.9 Å². The molecule has 8 nitrogen and oxygen atoms in total. The van der Waals surface area contributed by atoms with Crippen LogP contribution in [0.15, 0.2) is 42.9 Å². The Labute approximate surface area is 181 Å². The summed E-state index contributed by atoms with van der Waals surface area (Å²) in [5, 5.41) is 24.7. The predicted octanol–water partition coefficient (Wildman–Crippen LogP) is 2.72. The van der Waals surface area contributed by atoms with Crippen LogP contribution in [0.1, 0.15) is 34.5 Å². The van der Waals surface area contributed by atoms with Gasteiger partial charge in [-0.1, -0.05) is 6.07 Å². The summed E-state index contributed by atoms with van der Waals surface area (Å²) in [6, 6.07) is 6.53. The minimum absolute atomic E-state index is 0.0157. The van der Waals surface area contributed by atoms with Gasteiger partial charge in [-0.3, -0.25) is 15.2 Å². The van der Waals surface area contributed by atoms with Crippen LogP contribution in [0.3, 0.4) is 0 Å². The van der Waals surface area contributed by atoms with E-state index in [0.717, 1.165) is 0 Å². The number of amides is 1. The van der Waals surface area contributed by atoms with Gasteiger partial charge in [0.25, 0.3) is 5.91 Å². The molecule has 0 radical (unpaired) electrons. The zero-order chi connectivity index (χ0) is 22.9. The smallest absolute Gasteiger partial charge is 0.393 e. The van der Waals surface area contributed by atoms with Gasteiger partial charge in [0.05, 0.1) is 23.5 Å². The van der Waals surface area contributed by atoms with Gasteiger partial charge >= 0.3 is 6.18 Å². The molecule has 0 bridgehead atoms. The lowest BCUT2D eigenvalue weighted by Crippen LogP contribution is -2.40. The highest BCUT2D eigenvalue weighted by Gasteiger charge is 2.29. The number of hydrogen-bond acceptors (Lipinski definition) is 6. The van der Waals surface area contributed by atoms with E-state index in [9.17, 15) is 23.1 Å². The topological polar surface area (TPSA) is 107 Å². The number of aromatic nitrogens is 3. The first kappa shape index (κ1) is 21.8. The molecular formula is C21H21F3N6O2. The molecule has 1 aliphatic heterocycles. The highest BCUT2D eigenvalue weighted by Crippen LogP contribution is 2.25. The number of likely N-dealkylation sites (tertiary alicyclic amines) is 1. The van der Waals surface area contributed by atoms with Crippen LogP contribution < -0.4 is 5.32 Å². The molecule has 0 spiro atoms. The number of rotatable bonds is 5. The van der Waals surface area contributed by atoms with Crippen molar-refractivity contribution in [2.24, 2.45) is 0 Å². The molecular weight excluding hydrogens is 425 g/mol. The Kier molecular flexibility index (Phi) is 5.83. The molecule has 11 heteroatoms. The molecule has 1 aliphatic rings. The Balaban J connectivity index is 1.68. The van der Waals surface area contributed by atoms with E-state index in [4.69, 9.17) is 5.41 Å².